The Balaban J connectivity index is 1.77. The van der Waals surface area contributed by atoms with E-state index in [0.29, 0.717) is 5.95 Å². The van der Waals surface area contributed by atoms with Gasteiger partial charge in [-0.25, -0.2) is 4.98 Å². The number of nitrogens with one attached hydrogen (secondary N) is 2. The van der Waals surface area contributed by atoms with Crippen LogP contribution in [0.1, 0.15) is 18.5 Å². The van der Waals surface area contributed by atoms with Gasteiger partial charge in [-0.1, -0.05) is 0 Å². The van der Waals surface area contributed by atoms with Crippen LogP contribution >= 0.6 is 0 Å². The highest BCUT2D eigenvalue weighted by atomic mass is 16.5. The first kappa shape index (κ1) is 18.3. The Morgan fingerprint density at radius 2 is 1.88 bits per heavy atom. The van der Waals surface area contributed by atoms with Crippen molar-refractivity contribution in [2.24, 2.45) is 0 Å². The predicted octanol–water partition coefficient (Wildman–Crippen LogP) is 3.05. The van der Waals surface area contributed by atoms with E-state index in [1.807, 2.05) is 38.2 Å². The summed E-state index contributed by atoms with van der Waals surface area (Å²) in [6, 6.07) is 7.68. The lowest BCUT2D eigenvalue weighted by atomic mass is 10.1. The minimum atomic E-state index is 0.210. The molecular weight excluding hydrogens is 330 g/mol. The quantitative estimate of drug-likeness (QED) is 0.823. The van der Waals surface area contributed by atoms with Crippen molar-refractivity contribution in [1.82, 2.24) is 14.9 Å². The molecule has 0 radical (unpaired) electrons. The van der Waals surface area contributed by atoms with Crippen molar-refractivity contribution in [2.45, 2.75) is 25.9 Å². The van der Waals surface area contributed by atoms with E-state index in [4.69, 9.17) is 9.47 Å². The molecule has 7 nitrogen and oxygen atoms in total. The smallest absolute Gasteiger partial charge is 0.229 e. The van der Waals surface area contributed by atoms with Crippen LogP contribution in [0.3, 0.4) is 0 Å². The highest BCUT2D eigenvalue weighted by molar-refractivity contribution is 5.60. The molecule has 3 rings (SSSR count). The lowest BCUT2D eigenvalue weighted by Crippen LogP contribution is -2.35. The van der Waals surface area contributed by atoms with Crippen LogP contribution in [-0.2, 0) is 0 Å². The van der Waals surface area contributed by atoms with Crippen LogP contribution in [0.15, 0.2) is 24.3 Å². The van der Waals surface area contributed by atoms with Crippen LogP contribution < -0.4 is 20.1 Å². The monoisotopic (exact) mass is 357 g/mol. The van der Waals surface area contributed by atoms with Gasteiger partial charge in [0.15, 0.2) is 11.5 Å². The van der Waals surface area contributed by atoms with Crippen molar-refractivity contribution >= 4 is 17.5 Å². The maximum atomic E-state index is 6.23. The second-order valence-electron chi connectivity index (χ2n) is 6.58. The molecule has 140 valence electrons. The molecule has 1 fully saturated rings. The summed E-state index contributed by atoms with van der Waals surface area (Å²) in [5.41, 5.74) is 1.75. The van der Waals surface area contributed by atoms with Crippen LogP contribution in [0, 0.1) is 6.92 Å². The molecule has 26 heavy (non-hydrogen) atoms. The van der Waals surface area contributed by atoms with Gasteiger partial charge in [-0.2, -0.15) is 4.98 Å². The zero-order valence-electron chi connectivity index (χ0n) is 15.9. The molecule has 0 aliphatic carbocycles. The Kier molecular flexibility index (Phi) is 5.78. The molecule has 1 aliphatic heterocycles. The average molecular weight is 357 g/mol. The second kappa shape index (κ2) is 8.23. The minimum absolute atomic E-state index is 0.210. The topological polar surface area (TPSA) is 71.5 Å². The van der Waals surface area contributed by atoms with Crippen molar-refractivity contribution in [3.05, 3.63) is 30.0 Å². The molecule has 7 heteroatoms. The fourth-order valence-corrected chi connectivity index (χ4v) is 3.01. The number of methoxy groups -OCH3 is 1. The van der Waals surface area contributed by atoms with Crippen LogP contribution in [-0.4, -0.2) is 55.3 Å². The molecule has 1 aromatic carbocycles. The van der Waals surface area contributed by atoms with Gasteiger partial charge in [0, 0.05) is 43.7 Å². The van der Waals surface area contributed by atoms with Crippen LogP contribution in [0.5, 0.6) is 11.5 Å². The molecule has 1 aromatic heterocycles. The predicted molar refractivity (Wildman–Crippen MR) is 104 cm³/mol. The van der Waals surface area contributed by atoms with Gasteiger partial charge in [0.1, 0.15) is 11.9 Å². The molecule has 2 N–H and O–H groups in total. The molecule has 1 saturated heterocycles. The van der Waals surface area contributed by atoms with Gasteiger partial charge >= 0.3 is 0 Å². The normalized spacial score (nSPS) is 15.5. The molecule has 1 aliphatic rings. The maximum absolute atomic E-state index is 6.23. The number of ether oxygens (including phenoxy) is 2. The van der Waals surface area contributed by atoms with Crippen molar-refractivity contribution in [2.75, 3.05) is 44.9 Å². The van der Waals surface area contributed by atoms with Crippen molar-refractivity contribution in [3.63, 3.8) is 0 Å². The second-order valence-corrected chi connectivity index (χ2v) is 6.58. The first-order chi connectivity index (χ1) is 12.6. The number of piperidine rings is 1. The van der Waals surface area contributed by atoms with Gasteiger partial charge < -0.3 is 25.0 Å². The van der Waals surface area contributed by atoms with E-state index in [1.54, 1.807) is 7.11 Å². The highest BCUT2D eigenvalue weighted by Gasteiger charge is 2.20. The van der Waals surface area contributed by atoms with E-state index in [9.17, 15) is 0 Å². The Morgan fingerprint density at radius 1 is 1.12 bits per heavy atom. The minimum Gasteiger partial charge on any atom is -0.493 e. The van der Waals surface area contributed by atoms with Crippen molar-refractivity contribution in [3.8, 4) is 11.5 Å². The molecule has 0 amide bonds. The fourth-order valence-electron chi connectivity index (χ4n) is 3.01. The van der Waals surface area contributed by atoms with E-state index >= 15 is 0 Å². The molecule has 2 heterocycles. The standard InChI is InChI=1S/C19H27N5O2/c1-13-11-18(20-2)23-19(21-13)22-14-5-6-16(25-4)17(12-14)26-15-7-9-24(3)10-8-15/h5-6,11-12,15H,7-10H2,1-4H3,(H2,20,21,22,23). The third-order valence-electron chi connectivity index (χ3n) is 4.49. The third-order valence-corrected chi connectivity index (χ3v) is 4.49. The maximum Gasteiger partial charge on any atom is 0.229 e. The van der Waals surface area contributed by atoms with Gasteiger partial charge in [0.2, 0.25) is 5.95 Å². The number of likely N-dealkylation sites (tertiary alicyclic amines) is 1. The molecule has 0 saturated carbocycles. The van der Waals surface area contributed by atoms with Crippen molar-refractivity contribution in [1.29, 1.82) is 0 Å². The summed E-state index contributed by atoms with van der Waals surface area (Å²) >= 11 is 0. The zero-order valence-corrected chi connectivity index (χ0v) is 15.9. The van der Waals surface area contributed by atoms with Crippen LogP contribution in [0.25, 0.3) is 0 Å². The number of aryl methyl sites for hydroxylation is 1. The number of nitrogens with zero attached hydrogens (tertiary/aromatic N) is 3. The number of hydrogen-bond donors (Lipinski definition) is 2. The zero-order chi connectivity index (χ0) is 18.5. The molecule has 0 unspecified atom stereocenters. The number of rotatable bonds is 6. The first-order valence-electron chi connectivity index (χ1n) is 8.91. The van der Waals surface area contributed by atoms with E-state index < -0.39 is 0 Å². The van der Waals surface area contributed by atoms with E-state index in [1.165, 1.54) is 0 Å². The number of benzene rings is 1. The summed E-state index contributed by atoms with van der Waals surface area (Å²) < 4.78 is 11.7. The summed E-state index contributed by atoms with van der Waals surface area (Å²) in [6.07, 6.45) is 2.25. The average Bonchev–Trinajstić information content (AvgIpc) is 2.63. The summed E-state index contributed by atoms with van der Waals surface area (Å²) in [4.78, 5) is 11.2. The molecule has 0 atom stereocenters. The van der Waals surface area contributed by atoms with Gasteiger partial charge in [0.25, 0.3) is 0 Å². The van der Waals surface area contributed by atoms with Gasteiger partial charge in [0.05, 0.1) is 7.11 Å². The molecule has 0 bridgehead atoms. The third kappa shape index (κ3) is 4.54. The molecule has 0 spiro atoms. The number of anilines is 3. The highest BCUT2D eigenvalue weighted by Crippen LogP contribution is 2.33. The molecular formula is C19H27N5O2. The van der Waals surface area contributed by atoms with E-state index in [-0.39, 0.29) is 6.10 Å². The lowest BCUT2D eigenvalue weighted by molar-refractivity contribution is 0.111. The van der Waals surface area contributed by atoms with Crippen LogP contribution in [0.2, 0.25) is 0 Å². The van der Waals surface area contributed by atoms with Crippen LogP contribution in [0.4, 0.5) is 17.5 Å². The van der Waals surface area contributed by atoms with E-state index in [2.05, 4.69) is 32.5 Å². The Bertz CT molecular complexity index is 745. The summed E-state index contributed by atoms with van der Waals surface area (Å²) in [6.45, 7) is 4.04. The molecule has 2 aromatic rings. The number of aromatic nitrogens is 2. The fraction of sp³-hybridized carbons (Fsp3) is 0.474. The Labute approximate surface area is 154 Å². The van der Waals surface area contributed by atoms with E-state index in [0.717, 1.165) is 54.6 Å². The SMILES string of the molecule is CNc1cc(C)nc(Nc2ccc(OC)c(OC3CCN(C)CC3)c2)n1. The largest absolute Gasteiger partial charge is 0.493 e. The summed E-state index contributed by atoms with van der Waals surface area (Å²) in [7, 11) is 5.64. The Hall–Kier alpha value is -2.54. The van der Waals surface area contributed by atoms with Gasteiger partial charge in [-0.05, 0) is 38.9 Å². The summed E-state index contributed by atoms with van der Waals surface area (Å²) in [5, 5.41) is 6.29. The van der Waals surface area contributed by atoms with Crippen molar-refractivity contribution < 1.29 is 9.47 Å². The summed E-state index contributed by atoms with van der Waals surface area (Å²) in [5.74, 6) is 2.80. The number of hydrogen-bond acceptors (Lipinski definition) is 7. The lowest BCUT2D eigenvalue weighted by Gasteiger charge is -2.29. The van der Waals surface area contributed by atoms with Gasteiger partial charge in [-0.15, -0.1) is 0 Å². The first-order valence-corrected chi connectivity index (χ1v) is 8.91. The van der Waals surface area contributed by atoms with Gasteiger partial charge in [-0.3, -0.25) is 0 Å². The Morgan fingerprint density at radius 3 is 2.58 bits per heavy atom.